The molecule has 1 heterocycles. The first-order valence-corrected chi connectivity index (χ1v) is 7.99. The molecule has 2 rings (SSSR count). The minimum Gasteiger partial charge on any atom is -0.350 e. The van der Waals surface area contributed by atoms with Gasteiger partial charge in [0.2, 0.25) is 0 Å². The molecule has 0 bridgehead atoms. The topological polar surface area (TPSA) is 68.0 Å². The summed E-state index contributed by atoms with van der Waals surface area (Å²) in [6.07, 6.45) is 0.680. The summed E-state index contributed by atoms with van der Waals surface area (Å²) in [6.45, 7) is 4.97. The number of hydrogen-bond donors (Lipinski definition) is 2. The number of halogens is 2. The number of nitrogens with zero attached hydrogens (tertiary/aromatic N) is 1. The lowest BCUT2D eigenvalue weighted by molar-refractivity contribution is 0.0941. The molecule has 0 aliphatic heterocycles. The van der Waals surface area contributed by atoms with E-state index in [-0.39, 0.29) is 29.5 Å². The Morgan fingerprint density at radius 3 is 2.61 bits per heavy atom. The third kappa shape index (κ3) is 5.27. The minimum absolute atomic E-state index is 0. The lowest BCUT2D eigenvalue weighted by Crippen LogP contribution is -2.36. The van der Waals surface area contributed by atoms with Crippen LogP contribution in [0.15, 0.2) is 29.6 Å². The zero-order valence-electron chi connectivity index (χ0n) is 13.1. The van der Waals surface area contributed by atoms with E-state index in [2.05, 4.69) is 10.3 Å². The smallest absolute Gasteiger partial charge is 0.270 e. The number of nitrogens with one attached hydrogen (secondary N) is 1. The summed E-state index contributed by atoms with van der Waals surface area (Å²) in [5.74, 6) is -0.465. The number of carbonyl (C=O) groups is 1. The van der Waals surface area contributed by atoms with Crippen LogP contribution < -0.4 is 11.1 Å². The van der Waals surface area contributed by atoms with Gasteiger partial charge < -0.3 is 11.1 Å². The highest BCUT2D eigenvalue weighted by Gasteiger charge is 2.22. The molecule has 3 N–H and O–H groups in total. The minimum atomic E-state index is -0.292. The number of benzene rings is 1. The van der Waals surface area contributed by atoms with Gasteiger partial charge in [-0.2, -0.15) is 0 Å². The standard InChI is InChI=1S/C16H20FN3OS.ClH/c1-16(2,11-3-5-12(17)6-4-11)10-19-15(21)13-9-22-14(20-13)7-8-18;/h3-6,9H,7-8,10,18H2,1-2H3,(H,19,21);1H. The first-order chi connectivity index (χ1) is 10.4. The van der Waals surface area contributed by atoms with Gasteiger partial charge in [0.15, 0.2) is 0 Å². The van der Waals surface area contributed by atoms with Crippen LogP contribution in [0.3, 0.4) is 0 Å². The second kappa shape index (κ2) is 8.38. The molecule has 0 aliphatic rings. The normalized spacial score (nSPS) is 11.0. The lowest BCUT2D eigenvalue weighted by Gasteiger charge is -2.25. The van der Waals surface area contributed by atoms with Crippen molar-refractivity contribution in [3.8, 4) is 0 Å². The average Bonchev–Trinajstić information content (AvgIpc) is 2.94. The van der Waals surface area contributed by atoms with Crippen molar-refractivity contribution in [2.45, 2.75) is 25.7 Å². The van der Waals surface area contributed by atoms with E-state index in [1.807, 2.05) is 13.8 Å². The molecule has 7 heteroatoms. The number of carbonyl (C=O) groups excluding carboxylic acids is 1. The van der Waals surface area contributed by atoms with Crippen molar-refractivity contribution in [2.24, 2.45) is 5.73 Å². The van der Waals surface area contributed by atoms with E-state index in [0.29, 0.717) is 25.2 Å². The summed E-state index contributed by atoms with van der Waals surface area (Å²) in [5.41, 5.74) is 6.57. The predicted molar refractivity (Wildman–Crippen MR) is 93.9 cm³/mol. The Hall–Kier alpha value is -1.50. The molecule has 2 aromatic rings. The summed E-state index contributed by atoms with van der Waals surface area (Å²) in [5, 5.41) is 5.50. The molecule has 1 aromatic heterocycles. The van der Waals surface area contributed by atoms with Crippen LogP contribution >= 0.6 is 23.7 Å². The van der Waals surface area contributed by atoms with Crippen LogP contribution in [0.1, 0.15) is 34.9 Å². The van der Waals surface area contributed by atoms with Crippen LogP contribution in [0.4, 0.5) is 4.39 Å². The molecule has 0 unspecified atom stereocenters. The Kier molecular flexibility index (Phi) is 7.12. The van der Waals surface area contributed by atoms with E-state index in [4.69, 9.17) is 5.73 Å². The molecule has 1 aromatic carbocycles. The fourth-order valence-corrected chi connectivity index (χ4v) is 2.84. The molecule has 0 aliphatic carbocycles. The maximum Gasteiger partial charge on any atom is 0.270 e. The average molecular weight is 358 g/mol. The van der Waals surface area contributed by atoms with Gasteiger partial charge in [-0.15, -0.1) is 23.7 Å². The molecular weight excluding hydrogens is 337 g/mol. The van der Waals surface area contributed by atoms with Gasteiger partial charge in [-0.1, -0.05) is 26.0 Å². The van der Waals surface area contributed by atoms with Gasteiger partial charge in [0.05, 0.1) is 5.01 Å². The SMILES string of the molecule is CC(C)(CNC(=O)c1csc(CCN)n1)c1ccc(F)cc1.Cl. The molecule has 23 heavy (non-hydrogen) atoms. The summed E-state index contributed by atoms with van der Waals surface area (Å²) in [7, 11) is 0. The third-order valence-electron chi connectivity index (χ3n) is 3.46. The Bertz CT molecular complexity index is 643. The summed E-state index contributed by atoms with van der Waals surface area (Å²) >= 11 is 1.44. The number of aromatic nitrogens is 1. The highest BCUT2D eigenvalue weighted by atomic mass is 35.5. The van der Waals surface area contributed by atoms with E-state index >= 15 is 0 Å². The molecule has 0 saturated carbocycles. The number of hydrogen-bond acceptors (Lipinski definition) is 4. The molecule has 0 saturated heterocycles. The van der Waals surface area contributed by atoms with Crippen molar-refractivity contribution < 1.29 is 9.18 Å². The Morgan fingerprint density at radius 2 is 2.00 bits per heavy atom. The molecule has 0 fully saturated rings. The summed E-state index contributed by atoms with van der Waals surface area (Å²) in [4.78, 5) is 16.4. The molecule has 4 nitrogen and oxygen atoms in total. The van der Waals surface area contributed by atoms with Crippen LogP contribution in [0.25, 0.3) is 0 Å². The highest BCUT2D eigenvalue weighted by Crippen LogP contribution is 2.22. The van der Waals surface area contributed by atoms with Crippen LogP contribution in [0.5, 0.6) is 0 Å². The zero-order valence-corrected chi connectivity index (χ0v) is 14.8. The van der Waals surface area contributed by atoms with E-state index in [1.54, 1.807) is 17.5 Å². The van der Waals surface area contributed by atoms with Crippen LogP contribution in [-0.2, 0) is 11.8 Å². The van der Waals surface area contributed by atoms with Crippen LogP contribution in [0, 0.1) is 5.82 Å². The second-order valence-electron chi connectivity index (χ2n) is 5.74. The van der Waals surface area contributed by atoms with Crippen molar-refractivity contribution in [3.63, 3.8) is 0 Å². The second-order valence-corrected chi connectivity index (χ2v) is 6.68. The first-order valence-electron chi connectivity index (χ1n) is 7.11. The molecule has 0 atom stereocenters. The summed E-state index contributed by atoms with van der Waals surface area (Å²) in [6, 6.07) is 6.34. The van der Waals surface area contributed by atoms with Crippen molar-refractivity contribution >= 4 is 29.7 Å². The van der Waals surface area contributed by atoms with Crippen LogP contribution in [0.2, 0.25) is 0 Å². The molecule has 0 spiro atoms. The van der Waals surface area contributed by atoms with Gasteiger partial charge >= 0.3 is 0 Å². The molecule has 126 valence electrons. The van der Waals surface area contributed by atoms with E-state index < -0.39 is 0 Å². The fourth-order valence-electron chi connectivity index (χ4n) is 2.05. The van der Waals surface area contributed by atoms with E-state index in [9.17, 15) is 9.18 Å². The fraction of sp³-hybridized carbons (Fsp3) is 0.375. The van der Waals surface area contributed by atoms with Crippen molar-refractivity contribution in [3.05, 3.63) is 51.7 Å². The monoisotopic (exact) mass is 357 g/mol. The first kappa shape index (κ1) is 19.5. The van der Waals surface area contributed by atoms with Gasteiger partial charge in [-0.3, -0.25) is 4.79 Å². The Morgan fingerprint density at radius 1 is 1.35 bits per heavy atom. The van der Waals surface area contributed by atoms with Crippen molar-refractivity contribution in [2.75, 3.05) is 13.1 Å². The van der Waals surface area contributed by atoms with Crippen molar-refractivity contribution in [1.29, 1.82) is 0 Å². The highest BCUT2D eigenvalue weighted by molar-refractivity contribution is 7.09. The number of thiazole rings is 1. The van der Waals surface area contributed by atoms with E-state index in [0.717, 1.165) is 10.6 Å². The van der Waals surface area contributed by atoms with Gasteiger partial charge in [0.25, 0.3) is 5.91 Å². The zero-order chi connectivity index (χ0) is 16.2. The number of rotatable bonds is 6. The third-order valence-corrected chi connectivity index (χ3v) is 4.37. The van der Waals surface area contributed by atoms with Gasteiger partial charge in [-0.25, -0.2) is 9.37 Å². The quantitative estimate of drug-likeness (QED) is 0.835. The van der Waals surface area contributed by atoms with E-state index in [1.165, 1.54) is 23.5 Å². The maximum absolute atomic E-state index is 13.0. The van der Waals surface area contributed by atoms with Gasteiger partial charge in [0.1, 0.15) is 11.5 Å². The summed E-state index contributed by atoms with van der Waals surface area (Å²) < 4.78 is 13.0. The van der Waals surface area contributed by atoms with Gasteiger partial charge in [0, 0.05) is 23.8 Å². The van der Waals surface area contributed by atoms with Crippen molar-refractivity contribution in [1.82, 2.24) is 10.3 Å². The Balaban J connectivity index is 0.00000264. The predicted octanol–water partition coefficient (Wildman–Crippen LogP) is 2.91. The number of amides is 1. The maximum atomic E-state index is 13.0. The Labute approximate surface area is 145 Å². The molecule has 0 radical (unpaired) electrons. The molecular formula is C16H21ClFN3OS. The van der Waals surface area contributed by atoms with Gasteiger partial charge in [-0.05, 0) is 24.2 Å². The lowest BCUT2D eigenvalue weighted by atomic mass is 9.84. The largest absolute Gasteiger partial charge is 0.350 e. The van der Waals surface area contributed by atoms with Crippen LogP contribution in [-0.4, -0.2) is 24.0 Å². The molecule has 1 amide bonds. The number of nitrogens with two attached hydrogens (primary N) is 1.